The van der Waals surface area contributed by atoms with E-state index in [9.17, 15) is 14.4 Å². The molecule has 7 heteroatoms. The Kier molecular flexibility index (Phi) is 6.45. The molecule has 1 aromatic rings. The molecule has 1 saturated heterocycles. The van der Waals surface area contributed by atoms with Crippen LogP contribution in [-0.2, 0) is 9.59 Å². The summed E-state index contributed by atoms with van der Waals surface area (Å²) in [6, 6.07) is 7.38. The Morgan fingerprint density at radius 3 is 2.44 bits per heavy atom. The van der Waals surface area contributed by atoms with Gasteiger partial charge in [-0.2, -0.15) is 0 Å². The molecule has 1 aromatic carbocycles. The van der Waals surface area contributed by atoms with Crippen LogP contribution in [0.2, 0.25) is 0 Å². The van der Waals surface area contributed by atoms with Crippen LogP contribution in [0.15, 0.2) is 24.3 Å². The highest BCUT2D eigenvalue weighted by molar-refractivity contribution is 6.03. The molecule has 0 bridgehead atoms. The molecule has 0 spiro atoms. The zero-order valence-corrected chi connectivity index (χ0v) is 15.8. The largest absolute Gasteiger partial charge is 0.359 e. The summed E-state index contributed by atoms with van der Waals surface area (Å²) in [4.78, 5) is 38.5. The van der Waals surface area contributed by atoms with E-state index in [0.29, 0.717) is 24.2 Å². The van der Waals surface area contributed by atoms with E-state index < -0.39 is 0 Å². The highest BCUT2D eigenvalue weighted by Crippen LogP contribution is 2.22. The van der Waals surface area contributed by atoms with Crippen molar-refractivity contribution in [2.45, 2.75) is 38.1 Å². The predicted octanol–water partition coefficient (Wildman–Crippen LogP) is 1.37. The van der Waals surface area contributed by atoms with E-state index in [0.717, 1.165) is 38.8 Å². The number of carbonyl (C=O) groups is 3. The fourth-order valence-electron chi connectivity index (χ4n) is 3.38. The molecule has 1 saturated carbocycles. The number of hydrogen-bond donors (Lipinski definition) is 3. The summed E-state index contributed by atoms with van der Waals surface area (Å²) >= 11 is 0. The Bertz CT molecular complexity index is 694. The van der Waals surface area contributed by atoms with E-state index in [1.165, 1.54) is 0 Å². The first kappa shape index (κ1) is 19.4. The molecule has 3 rings (SSSR count). The maximum atomic E-state index is 12.3. The van der Waals surface area contributed by atoms with Crippen LogP contribution in [0.5, 0.6) is 0 Å². The molecule has 1 aliphatic carbocycles. The molecular formula is C20H28N4O3. The van der Waals surface area contributed by atoms with Gasteiger partial charge < -0.3 is 20.9 Å². The molecule has 27 heavy (non-hydrogen) atoms. The minimum absolute atomic E-state index is 0.0805. The molecule has 3 N–H and O–H groups in total. The number of benzene rings is 1. The number of nitrogens with zero attached hydrogens (tertiary/aromatic N) is 1. The lowest BCUT2D eigenvalue weighted by Gasteiger charge is -2.30. The molecule has 1 heterocycles. The van der Waals surface area contributed by atoms with Crippen LogP contribution in [0.25, 0.3) is 0 Å². The van der Waals surface area contributed by atoms with Gasteiger partial charge in [-0.15, -0.1) is 0 Å². The number of carbonyl (C=O) groups excluding carboxylic acids is 3. The fourth-order valence-corrected chi connectivity index (χ4v) is 3.38. The average molecular weight is 372 g/mol. The topological polar surface area (TPSA) is 90.5 Å². The molecular weight excluding hydrogens is 344 g/mol. The van der Waals surface area contributed by atoms with Crippen molar-refractivity contribution < 1.29 is 14.4 Å². The summed E-state index contributed by atoms with van der Waals surface area (Å²) in [6.07, 6.45) is 4.06. The van der Waals surface area contributed by atoms with Crippen molar-refractivity contribution >= 4 is 23.4 Å². The van der Waals surface area contributed by atoms with Crippen LogP contribution in [0.1, 0.15) is 42.5 Å². The van der Waals surface area contributed by atoms with E-state index in [2.05, 4.69) is 20.9 Å². The fraction of sp³-hybridized carbons (Fsp3) is 0.550. The zero-order valence-electron chi connectivity index (χ0n) is 15.8. The molecule has 7 nitrogen and oxygen atoms in total. The lowest BCUT2D eigenvalue weighted by atomic mass is 9.96. The molecule has 2 fully saturated rings. The van der Waals surface area contributed by atoms with Crippen LogP contribution >= 0.6 is 0 Å². The van der Waals surface area contributed by atoms with Crippen molar-refractivity contribution in [3.05, 3.63) is 29.8 Å². The molecule has 3 amide bonds. The number of para-hydroxylation sites is 1. The minimum Gasteiger partial charge on any atom is -0.359 e. The minimum atomic E-state index is -0.135. The Morgan fingerprint density at radius 2 is 1.78 bits per heavy atom. The quantitative estimate of drug-likeness (QED) is 0.674. The standard InChI is InChI=1S/C20H28N4O3/c1-21-19(26)14-8-11-24(12-9-14)13-10-18(25)23-17-5-3-2-4-16(17)20(27)22-15-6-7-15/h2-5,14-15H,6-13H2,1H3,(H,21,26)(H,22,27)(H,23,25). The van der Waals surface area contributed by atoms with Gasteiger partial charge in [-0.3, -0.25) is 14.4 Å². The molecule has 0 atom stereocenters. The van der Waals surface area contributed by atoms with Crippen LogP contribution in [-0.4, -0.2) is 55.3 Å². The second-order valence-corrected chi connectivity index (χ2v) is 7.32. The van der Waals surface area contributed by atoms with Gasteiger partial charge in [0, 0.05) is 32.0 Å². The number of hydrogen-bond acceptors (Lipinski definition) is 4. The van der Waals surface area contributed by atoms with Crippen molar-refractivity contribution in [1.82, 2.24) is 15.5 Å². The number of amides is 3. The summed E-state index contributed by atoms with van der Waals surface area (Å²) in [5.74, 6) is -0.0508. The third kappa shape index (κ3) is 5.53. The van der Waals surface area contributed by atoms with Gasteiger partial charge in [-0.05, 0) is 50.9 Å². The van der Waals surface area contributed by atoms with Crippen molar-refractivity contribution in [2.24, 2.45) is 5.92 Å². The van der Waals surface area contributed by atoms with Crippen LogP contribution in [0.3, 0.4) is 0 Å². The Labute approximate surface area is 159 Å². The van der Waals surface area contributed by atoms with Crippen LogP contribution < -0.4 is 16.0 Å². The van der Waals surface area contributed by atoms with Gasteiger partial charge in [0.05, 0.1) is 11.3 Å². The normalized spacial score (nSPS) is 18.0. The van der Waals surface area contributed by atoms with Crippen LogP contribution in [0.4, 0.5) is 5.69 Å². The highest BCUT2D eigenvalue weighted by Gasteiger charge is 2.26. The van der Waals surface area contributed by atoms with E-state index in [1.807, 2.05) is 6.07 Å². The molecule has 1 aliphatic heterocycles. The summed E-state index contributed by atoms with van der Waals surface area (Å²) in [7, 11) is 1.67. The summed E-state index contributed by atoms with van der Waals surface area (Å²) < 4.78 is 0. The Hall–Kier alpha value is -2.41. The second-order valence-electron chi connectivity index (χ2n) is 7.32. The average Bonchev–Trinajstić information content (AvgIpc) is 3.50. The molecule has 2 aliphatic rings. The van der Waals surface area contributed by atoms with E-state index >= 15 is 0 Å². The number of rotatable bonds is 7. The van der Waals surface area contributed by atoms with Crippen molar-refractivity contribution in [2.75, 3.05) is 32.0 Å². The Balaban J connectivity index is 1.46. The molecule has 0 radical (unpaired) electrons. The van der Waals surface area contributed by atoms with E-state index in [-0.39, 0.29) is 29.7 Å². The zero-order chi connectivity index (χ0) is 19.2. The second kappa shape index (κ2) is 8.99. The number of nitrogens with one attached hydrogen (secondary N) is 3. The lowest BCUT2D eigenvalue weighted by Crippen LogP contribution is -2.40. The van der Waals surface area contributed by atoms with Crippen molar-refractivity contribution in [1.29, 1.82) is 0 Å². The SMILES string of the molecule is CNC(=O)C1CCN(CCC(=O)Nc2ccccc2C(=O)NC2CC2)CC1. The summed E-state index contributed by atoms with van der Waals surface area (Å²) in [5, 5.41) is 8.53. The molecule has 0 aromatic heterocycles. The van der Waals surface area contributed by atoms with Gasteiger partial charge in [0.15, 0.2) is 0 Å². The third-order valence-electron chi connectivity index (χ3n) is 5.22. The van der Waals surface area contributed by atoms with Gasteiger partial charge in [0.1, 0.15) is 0 Å². The summed E-state index contributed by atoms with van der Waals surface area (Å²) in [5.41, 5.74) is 1.06. The number of piperidine rings is 1. The predicted molar refractivity (Wildman–Crippen MR) is 103 cm³/mol. The lowest BCUT2D eigenvalue weighted by molar-refractivity contribution is -0.126. The smallest absolute Gasteiger partial charge is 0.253 e. The maximum Gasteiger partial charge on any atom is 0.253 e. The summed E-state index contributed by atoms with van der Waals surface area (Å²) in [6.45, 7) is 2.31. The Morgan fingerprint density at radius 1 is 1.07 bits per heavy atom. The maximum absolute atomic E-state index is 12.3. The monoisotopic (exact) mass is 372 g/mol. The first-order valence-corrected chi connectivity index (χ1v) is 9.70. The van der Waals surface area contributed by atoms with E-state index in [1.54, 1.807) is 25.2 Å². The van der Waals surface area contributed by atoms with Gasteiger partial charge in [0.2, 0.25) is 11.8 Å². The van der Waals surface area contributed by atoms with Gasteiger partial charge in [-0.1, -0.05) is 12.1 Å². The number of likely N-dealkylation sites (tertiary alicyclic amines) is 1. The van der Waals surface area contributed by atoms with E-state index in [4.69, 9.17) is 0 Å². The van der Waals surface area contributed by atoms with Crippen LogP contribution in [0, 0.1) is 5.92 Å². The molecule has 0 unspecified atom stereocenters. The third-order valence-corrected chi connectivity index (χ3v) is 5.22. The first-order valence-electron chi connectivity index (χ1n) is 9.70. The first-order chi connectivity index (χ1) is 13.1. The van der Waals surface area contributed by atoms with Crippen molar-refractivity contribution in [3.63, 3.8) is 0 Å². The van der Waals surface area contributed by atoms with Gasteiger partial charge in [-0.25, -0.2) is 0 Å². The molecule has 146 valence electrons. The van der Waals surface area contributed by atoms with Gasteiger partial charge in [0.25, 0.3) is 5.91 Å². The van der Waals surface area contributed by atoms with Gasteiger partial charge >= 0.3 is 0 Å². The number of anilines is 1. The van der Waals surface area contributed by atoms with Crippen molar-refractivity contribution in [3.8, 4) is 0 Å². The highest BCUT2D eigenvalue weighted by atomic mass is 16.2.